The van der Waals surface area contributed by atoms with E-state index in [4.69, 9.17) is 22.1 Å². The van der Waals surface area contributed by atoms with E-state index in [0.29, 0.717) is 23.9 Å². The van der Waals surface area contributed by atoms with E-state index in [1.54, 1.807) is 6.20 Å². The number of hydrogen-bond acceptors (Lipinski definition) is 4. The van der Waals surface area contributed by atoms with Crippen LogP contribution in [-0.4, -0.2) is 21.3 Å². The third kappa shape index (κ3) is 3.74. The van der Waals surface area contributed by atoms with E-state index in [0.717, 1.165) is 36.5 Å². The largest absolute Gasteiger partial charge is 0.486 e. The Bertz CT molecular complexity index is 580. The molecule has 5 nitrogen and oxygen atoms in total. The second kappa shape index (κ2) is 7.43. The normalized spacial score (nSPS) is 10.9. The van der Waals surface area contributed by atoms with Crippen molar-refractivity contribution in [3.8, 4) is 5.75 Å². The van der Waals surface area contributed by atoms with Gasteiger partial charge in [-0.2, -0.15) is 5.10 Å². The van der Waals surface area contributed by atoms with Gasteiger partial charge in [0, 0.05) is 18.7 Å². The standard InChI is InChI=1S/C15H21ClN4O/c1-3-13-15(16)14(20(4-2)19-13)10-21-12-6-5-11(7-8-17)18-9-12/h5-6,9H,3-4,7-8,10,17H2,1-2H3. The first-order chi connectivity index (χ1) is 10.2. The fourth-order valence-corrected chi connectivity index (χ4v) is 2.42. The van der Waals surface area contributed by atoms with Gasteiger partial charge in [0.1, 0.15) is 12.4 Å². The van der Waals surface area contributed by atoms with Crippen LogP contribution in [0.2, 0.25) is 5.02 Å². The Morgan fingerprint density at radius 3 is 2.71 bits per heavy atom. The van der Waals surface area contributed by atoms with Gasteiger partial charge in [-0.15, -0.1) is 0 Å². The second-order valence-corrected chi connectivity index (χ2v) is 5.07. The van der Waals surface area contributed by atoms with E-state index >= 15 is 0 Å². The minimum atomic E-state index is 0.386. The number of aromatic nitrogens is 3. The molecule has 0 aliphatic carbocycles. The maximum absolute atomic E-state index is 6.35. The number of halogens is 1. The smallest absolute Gasteiger partial charge is 0.138 e. The van der Waals surface area contributed by atoms with E-state index in [2.05, 4.69) is 10.1 Å². The van der Waals surface area contributed by atoms with Crippen LogP contribution in [0.3, 0.4) is 0 Å². The van der Waals surface area contributed by atoms with Crippen molar-refractivity contribution in [2.24, 2.45) is 5.73 Å². The average molecular weight is 309 g/mol. The molecule has 2 aromatic rings. The summed E-state index contributed by atoms with van der Waals surface area (Å²) in [4.78, 5) is 4.31. The topological polar surface area (TPSA) is 66.0 Å². The van der Waals surface area contributed by atoms with Crippen molar-refractivity contribution in [3.63, 3.8) is 0 Å². The van der Waals surface area contributed by atoms with Crippen LogP contribution < -0.4 is 10.5 Å². The molecule has 0 radical (unpaired) electrons. The van der Waals surface area contributed by atoms with Gasteiger partial charge in [-0.3, -0.25) is 9.67 Å². The van der Waals surface area contributed by atoms with Crippen LogP contribution in [0.4, 0.5) is 0 Å². The number of aryl methyl sites for hydroxylation is 2. The minimum Gasteiger partial charge on any atom is -0.486 e. The Morgan fingerprint density at radius 1 is 1.33 bits per heavy atom. The third-order valence-electron chi connectivity index (χ3n) is 3.27. The summed E-state index contributed by atoms with van der Waals surface area (Å²) in [6.45, 7) is 5.83. The lowest BCUT2D eigenvalue weighted by molar-refractivity contribution is 0.291. The zero-order chi connectivity index (χ0) is 15.2. The molecule has 0 saturated heterocycles. The molecule has 0 aliphatic rings. The van der Waals surface area contributed by atoms with Crippen LogP contribution in [0.1, 0.15) is 30.9 Å². The Morgan fingerprint density at radius 2 is 2.14 bits per heavy atom. The lowest BCUT2D eigenvalue weighted by Gasteiger charge is -2.08. The minimum absolute atomic E-state index is 0.386. The molecule has 2 aromatic heterocycles. The molecule has 0 saturated carbocycles. The van der Waals surface area contributed by atoms with Crippen molar-refractivity contribution in [3.05, 3.63) is 40.4 Å². The molecule has 2 heterocycles. The summed E-state index contributed by atoms with van der Waals surface area (Å²) in [5.41, 5.74) is 8.28. The number of nitrogens with zero attached hydrogens (tertiary/aromatic N) is 3. The summed E-state index contributed by atoms with van der Waals surface area (Å²) in [5.74, 6) is 0.716. The van der Waals surface area contributed by atoms with Crippen molar-refractivity contribution in [2.45, 2.75) is 39.8 Å². The molecule has 6 heteroatoms. The van der Waals surface area contributed by atoms with Gasteiger partial charge in [-0.1, -0.05) is 18.5 Å². The summed E-state index contributed by atoms with van der Waals surface area (Å²) in [6, 6.07) is 3.83. The van der Waals surface area contributed by atoms with Gasteiger partial charge in [0.05, 0.1) is 22.6 Å². The maximum Gasteiger partial charge on any atom is 0.138 e. The van der Waals surface area contributed by atoms with E-state index in [1.807, 2.05) is 30.7 Å². The molecule has 0 aliphatic heterocycles. The highest BCUT2D eigenvalue weighted by Crippen LogP contribution is 2.23. The van der Waals surface area contributed by atoms with Crippen LogP contribution in [-0.2, 0) is 26.0 Å². The molecule has 0 bridgehead atoms. The van der Waals surface area contributed by atoms with Gasteiger partial charge in [-0.25, -0.2) is 0 Å². The summed E-state index contributed by atoms with van der Waals surface area (Å²) in [6.07, 6.45) is 3.30. The Kier molecular flexibility index (Phi) is 5.59. The Labute approximate surface area is 130 Å². The average Bonchev–Trinajstić information content (AvgIpc) is 2.82. The van der Waals surface area contributed by atoms with E-state index in [-0.39, 0.29) is 0 Å². The lowest BCUT2D eigenvalue weighted by Crippen LogP contribution is -2.07. The van der Waals surface area contributed by atoms with Gasteiger partial charge in [0.2, 0.25) is 0 Å². The molecule has 21 heavy (non-hydrogen) atoms. The van der Waals surface area contributed by atoms with Gasteiger partial charge in [0.25, 0.3) is 0 Å². The van der Waals surface area contributed by atoms with Crippen molar-refractivity contribution in [1.82, 2.24) is 14.8 Å². The molecule has 2 N–H and O–H groups in total. The first-order valence-corrected chi connectivity index (χ1v) is 7.59. The molecule has 0 spiro atoms. The fraction of sp³-hybridized carbons (Fsp3) is 0.467. The van der Waals surface area contributed by atoms with E-state index in [1.165, 1.54) is 0 Å². The molecule has 0 atom stereocenters. The Hall–Kier alpha value is -1.59. The number of hydrogen-bond donors (Lipinski definition) is 1. The monoisotopic (exact) mass is 308 g/mol. The number of pyridine rings is 1. The molecule has 114 valence electrons. The van der Waals surface area contributed by atoms with Crippen LogP contribution in [0.15, 0.2) is 18.3 Å². The summed E-state index contributed by atoms with van der Waals surface area (Å²) < 4.78 is 7.65. The second-order valence-electron chi connectivity index (χ2n) is 4.69. The summed E-state index contributed by atoms with van der Waals surface area (Å²) in [5, 5.41) is 5.17. The van der Waals surface area contributed by atoms with Gasteiger partial charge < -0.3 is 10.5 Å². The molecule has 2 rings (SSSR count). The highest BCUT2D eigenvalue weighted by Gasteiger charge is 2.14. The number of rotatable bonds is 7. The highest BCUT2D eigenvalue weighted by molar-refractivity contribution is 6.31. The van der Waals surface area contributed by atoms with Crippen molar-refractivity contribution in [1.29, 1.82) is 0 Å². The van der Waals surface area contributed by atoms with Gasteiger partial charge in [-0.05, 0) is 32.0 Å². The van der Waals surface area contributed by atoms with E-state index < -0.39 is 0 Å². The molecule has 0 aromatic carbocycles. The lowest BCUT2D eigenvalue weighted by atomic mass is 10.3. The first-order valence-electron chi connectivity index (χ1n) is 7.21. The summed E-state index contributed by atoms with van der Waals surface area (Å²) in [7, 11) is 0. The van der Waals surface area contributed by atoms with Crippen molar-refractivity contribution >= 4 is 11.6 Å². The third-order valence-corrected chi connectivity index (χ3v) is 3.70. The van der Waals surface area contributed by atoms with Gasteiger partial charge >= 0.3 is 0 Å². The van der Waals surface area contributed by atoms with Crippen LogP contribution >= 0.6 is 11.6 Å². The Balaban J connectivity index is 2.07. The SMILES string of the molecule is CCc1nn(CC)c(COc2ccc(CCN)nc2)c1Cl. The highest BCUT2D eigenvalue weighted by atomic mass is 35.5. The maximum atomic E-state index is 6.35. The summed E-state index contributed by atoms with van der Waals surface area (Å²) >= 11 is 6.35. The van der Waals surface area contributed by atoms with Crippen LogP contribution in [0.25, 0.3) is 0 Å². The van der Waals surface area contributed by atoms with Crippen molar-refractivity contribution in [2.75, 3.05) is 6.54 Å². The van der Waals surface area contributed by atoms with Crippen LogP contribution in [0.5, 0.6) is 5.75 Å². The number of ether oxygens (including phenoxy) is 1. The number of nitrogens with two attached hydrogens (primary N) is 1. The molecule has 0 unspecified atom stereocenters. The predicted molar refractivity (Wildman–Crippen MR) is 83.6 cm³/mol. The quantitative estimate of drug-likeness (QED) is 0.854. The molecular weight excluding hydrogens is 288 g/mol. The molecule has 0 fully saturated rings. The van der Waals surface area contributed by atoms with Gasteiger partial charge in [0.15, 0.2) is 0 Å². The van der Waals surface area contributed by atoms with Crippen molar-refractivity contribution < 1.29 is 4.74 Å². The predicted octanol–water partition coefficient (Wildman–Crippen LogP) is 2.59. The molecular formula is C15H21ClN4O. The fourth-order valence-electron chi connectivity index (χ4n) is 2.10. The zero-order valence-corrected chi connectivity index (χ0v) is 13.2. The van der Waals surface area contributed by atoms with E-state index in [9.17, 15) is 0 Å². The molecule has 0 amide bonds. The zero-order valence-electron chi connectivity index (χ0n) is 12.5. The van der Waals surface area contributed by atoms with Crippen LogP contribution in [0, 0.1) is 0 Å². The first kappa shape index (κ1) is 15.8.